The number of thiazole rings is 1. The van der Waals surface area contributed by atoms with E-state index in [4.69, 9.17) is 9.72 Å². The first-order chi connectivity index (χ1) is 14.7. The number of aryl methyl sites for hydroxylation is 2. The first kappa shape index (κ1) is 18.7. The van der Waals surface area contributed by atoms with E-state index in [1.54, 1.807) is 24.4 Å². The van der Waals surface area contributed by atoms with Crippen LogP contribution in [0.5, 0.6) is 5.75 Å². The zero-order chi connectivity index (χ0) is 20.7. The Morgan fingerprint density at radius 1 is 1.30 bits per heavy atom. The summed E-state index contributed by atoms with van der Waals surface area (Å²) in [7, 11) is 1.63. The Kier molecular flexibility index (Phi) is 4.66. The largest absolute Gasteiger partial charge is 0.494 e. The van der Waals surface area contributed by atoms with Crippen molar-refractivity contribution in [2.24, 2.45) is 0 Å². The summed E-state index contributed by atoms with van der Waals surface area (Å²) in [5, 5.41) is 8.99. The molecule has 0 bridgehead atoms. The van der Waals surface area contributed by atoms with Crippen molar-refractivity contribution < 1.29 is 9.53 Å². The van der Waals surface area contributed by atoms with Crippen molar-refractivity contribution in [1.29, 1.82) is 0 Å². The molecule has 1 amide bonds. The highest BCUT2D eigenvalue weighted by molar-refractivity contribution is 7.22. The van der Waals surface area contributed by atoms with Crippen LogP contribution in [0.1, 0.15) is 34.0 Å². The number of carbonyl (C=O) groups is 1. The number of anilines is 1. The van der Waals surface area contributed by atoms with Crippen molar-refractivity contribution in [1.82, 2.24) is 24.7 Å². The maximum Gasteiger partial charge on any atom is 0.298 e. The number of fused-ring (bicyclic) bond motifs is 2. The molecule has 1 aliphatic heterocycles. The molecule has 0 spiro atoms. The number of methoxy groups -OCH3 is 1. The average Bonchev–Trinajstić information content (AvgIpc) is 3.48. The van der Waals surface area contributed by atoms with E-state index in [0.717, 1.165) is 46.6 Å². The Labute approximate surface area is 177 Å². The zero-order valence-corrected chi connectivity index (χ0v) is 17.5. The van der Waals surface area contributed by atoms with Gasteiger partial charge in [0.2, 0.25) is 5.82 Å². The summed E-state index contributed by atoms with van der Waals surface area (Å²) >= 11 is 1.48. The molecule has 30 heavy (non-hydrogen) atoms. The molecule has 0 radical (unpaired) electrons. The van der Waals surface area contributed by atoms with Crippen molar-refractivity contribution in [2.75, 3.05) is 12.0 Å². The molecule has 0 aliphatic carbocycles. The van der Waals surface area contributed by atoms with Gasteiger partial charge in [-0.15, -0.1) is 10.2 Å². The Morgan fingerprint density at radius 2 is 2.20 bits per heavy atom. The van der Waals surface area contributed by atoms with E-state index in [1.165, 1.54) is 11.3 Å². The van der Waals surface area contributed by atoms with Crippen molar-refractivity contribution in [2.45, 2.75) is 32.9 Å². The second kappa shape index (κ2) is 7.49. The lowest BCUT2D eigenvalue weighted by Crippen LogP contribution is -2.32. The first-order valence-corrected chi connectivity index (χ1v) is 10.5. The molecule has 5 rings (SSSR count). The normalized spacial score (nSPS) is 12.9. The maximum absolute atomic E-state index is 13.6. The van der Waals surface area contributed by atoms with Gasteiger partial charge in [-0.1, -0.05) is 23.5 Å². The maximum atomic E-state index is 13.6. The lowest BCUT2D eigenvalue weighted by Gasteiger charge is -2.19. The minimum atomic E-state index is -0.213. The van der Waals surface area contributed by atoms with Gasteiger partial charge in [-0.25, -0.2) is 4.98 Å². The molecule has 1 aliphatic rings. The summed E-state index contributed by atoms with van der Waals surface area (Å²) in [6, 6.07) is 7.71. The second-order valence-electron chi connectivity index (χ2n) is 7.21. The van der Waals surface area contributed by atoms with Crippen LogP contribution in [0.3, 0.4) is 0 Å². The fourth-order valence-corrected chi connectivity index (χ4v) is 4.76. The smallest absolute Gasteiger partial charge is 0.298 e. The summed E-state index contributed by atoms with van der Waals surface area (Å²) in [6.07, 6.45) is 5.30. The third kappa shape index (κ3) is 3.11. The molecule has 1 aromatic carbocycles. The van der Waals surface area contributed by atoms with Gasteiger partial charge in [-0.05, 0) is 36.6 Å². The van der Waals surface area contributed by atoms with Crippen molar-refractivity contribution in [3.8, 4) is 5.75 Å². The van der Waals surface area contributed by atoms with Crippen LogP contribution in [-0.4, -0.2) is 37.7 Å². The predicted molar refractivity (Wildman–Crippen MR) is 114 cm³/mol. The molecule has 9 heteroatoms. The van der Waals surface area contributed by atoms with Crippen LogP contribution in [0.2, 0.25) is 0 Å². The number of ether oxygens (including phenoxy) is 1. The van der Waals surface area contributed by atoms with E-state index in [2.05, 4.69) is 15.2 Å². The minimum absolute atomic E-state index is 0.213. The number of aromatic nitrogens is 5. The molecule has 0 atom stereocenters. The summed E-state index contributed by atoms with van der Waals surface area (Å²) < 4.78 is 8.41. The van der Waals surface area contributed by atoms with Gasteiger partial charge in [-0.2, -0.15) is 0 Å². The van der Waals surface area contributed by atoms with Crippen LogP contribution >= 0.6 is 11.3 Å². The van der Waals surface area contributed by atoms with Crippen LogP contribution in [-0.2, 0) is 19.5 Å². The summed E-state index contributed by atoms with van der Waals surface area (Å²) in [4.78, 5) is 24.2. The standard InChI is InChI=1S/C21H20N6O2S/c1-13-7-8-15(29-2)17-18(13)30-21(23-17)27(12-14-5-3-9-22-11-14)20(28)19-25-24-16-6-4-10-26(16)19/h3,5,7-9,11H,4,6,10,12H2,1-2H3. The van der Waals surface area contributed by atoms with E-state index >= 15 is 0 Å². The summed E-state index contributed by atoms with van der Waals surface area (Å²) in [5.74, 6) is 1.70. The Bertz CT molecular complexity index is 1230. The van der Waals surface area contributed by atoms with Crippen LogP contribution in [0.15, 0.2) is 36.7 Å². The van der Waals surface area contributed by atoms with Crippen LogP contribution in [0, 0.1) is 6.92 Å². The molecule has 8 nitrogen and oxygen atoms in total. The van der Waals surface area contributed by atoms with E-state index in [1.807, 2.05) is 35.8 Å². The van der Waals surface area contributed by atoms with Gasteiger partial charge in [0.1, 0.15) is 17.1 Å². The number of rotatable bonds is 5. The number of amides is 1. The van der Waals surface area contributed by atoms with Crippen LogP contribution < -0.4 is 9.64 Å². The number of hydrogen-bond donors (Lipinski definition) is 0. The molecule has 0 saturated carbocycles. The van der Waals surface area contributed by atoms with Crippen LogP contribution in [0.25, 0.3) is 10.2 Å². The molecule has 0 fully saturated rings. The third-order valence-corrected chi connectivity index (χ3v) is 6.47. The number of pyridine rings is 1. The highest BCUT2D eigenvalue weighted by Crippen LogP contribution is 2.37. The second-order valence-corrected chi connectivity index (χ2v) is 8.18. The topological polar surface area (TPSA) is 86.0 Å². The number of benzene rings is 1. The van der Waals surface area contributed by atoms with Crippen molar-refractivity contribution in [3.05, 3.63) is 59.4 Å². The minimum Gasteiger partial charge on any atom is -0.494 e. The Morgan fingerprint density at radius 3 is 3.00 bits per heavy atom. The van der Waals surface area contributed by atoms with Gasteiger partial charge in [0.15, 0.2) is 5.13 Å². The number of hydrogen-bond acceptors (Lipinski definition) is 7. The van der Waals surface area contributed by atoms with Crippen molar-refractivity contribution >= 4 is 32.6 Å². The summed E-state index contributed by atoms with van der Waals surface area (Å²) in [6.45, 7) is 3.13. The zero-order valence-electron chi connectivity index (χ0n) is 16.7. The highest BCUT2D eigenvalue weighted by atomic mass is 32.1. The lowest BCUT2D eigenvalue weighted by molar-refractivity contribution is 0.0970. The third-order valence-electron chi connectivity index (χ3n) is 5.25. The number of nitrogens with zero attached hydrogens (tertiary/aromatic N) is 6. The van der Waals surface area contributed by atoms with Gasteiger partial charge in [0.05, 0.1) is 18.4 Å². The fraction of sp³-hybridized carbons (Fsp3) is 0.286. The SMILES string of the molecule is COc1ccc(C)c2sc(N(Cc3cccnc3)C(=O)c3nnc4n3CCC4)nc12. The lowest BCUT2D eigenvalue weighted by atomic mass is 10.2. The van der Waals surface area contributed by atoms with E-state index < -0.39 is 0 Å². The van der Waals surface area contributed by atoms with E-state index in [0.29, 0.717) is 23.3 Å². The Hall–Kier alpha value is -3.33. The predicted octanol–water partition coefficient (Wildman–Crippen LogP) is 3.39. The molecule has 3 aromatic heterocycles. The number of carbonyl (C=O) groups excluding carboxylic acids is 1. The molecular formula is C21H20N6O2S. The van der Waals surface area contributed by atoms with Gasteiger partial charge in [-0.3, -0.25) is 14.7 Å². The molecule has 4 heterocycles. The molecule has 0 saturated heterocycles. The molecule has 0 unspecified atom stereocenters. The van der Waals surface area contributed by atoms with Gasteiger partial charge >= 0.3 is 0 Å². The van der Waals surface area contributed by atoms with Crippen LogP contribution in [0.4, 0.5) is 5.13 Å². The van der Waals surface area contributed by atoms with Crippen molar-refractivity contribution in [3.63, 3.8) is 0 Å². The van der Waals surface area contributed by atoms with Gasteiger partial charge in [0, 0.05) is 25.4 Å². The average molecular weight is 420 g/mol. The molecular weight excluding hydrogens is 400 g/mol. The van der Waals surface area contributed by atoms with E-state index in [9.17, 15) is 4.79 Å². The van der Waals surface area contributed by atoms with Gasteiger partial charge in [0.25, 0.3) is 5.91 Å². The molecule has 152 valence electrons. The summed E-state index contributed by atoms with van der Waals surface area (Å²) in [5.41, 5.74) is 2.76. The quantitative estimate of drug-likeness (QED) is 0.492. The van der Waals surface area contributed by atoms with Gasteiger partial charge < -0.3 is 9.30 Å². The fourth-order valence-electron chi connectivity index (χ4n) is 3.71. The highest BCUT2D eigenvalue weighted by Gasteiger charge is 2.29. The first-order valence-electron chi connectivity index (χ1n) is 9.72. The monoisotopic (exact) mass is 420 g/mol. The van der Waals surface area contributed by atoms with E-state index in [-0.39, 0.29) is 5.91 Å². The molecule has 4 aromatic rings. The molecule has 0 N–H and O–H groups in total. The Balaban J connectivity index is 1.62.